The number of nitrogens with zero attached hydrogens (tertiary/aromatic N) is 4. The lowest BCUT2D eigenvalue weighted by atomic mass is 9.63. The molecule has 0 bridgehead atoms. The largest absolute Gasteiger partial charge is 0.363 e. The third kappa shape index (κ3) is 6.13. The van der Waals surface area contributed by atoms with Crippen molar-refractivity contribution in [3.8, 4) is 33.9 Å². The first-order valence-corrected chi connectivity index (χ1v) is 20.7. The van der Waals surface area contributed by atoms with Crippen LogP contribution in [0.4, 0.5) is 10.1 Å². The highest BCUT2D eigenvalue weighted by Crippen LogP contribution is 2.60. The Morgan fingerprint density at radius 1 is 0.754 bits per heavy atom. The number of anilines is 1. The Kier molecular flexibility index (Phi) is 8.97. The maximum absolute atomic E-state index is 14.3. The zero-order valence-electron chi connectivity index (χ0n) is 32.0. The molecule has 0 spiro atoms. The van der Waals surface area contributed by atoms with Gasteiger partial charge in [-0.25, -0.2) is 19.3 Å². The normalized spacial score (nSPS) is 19.7. The molecule has 10 rings (SSSR count). The molecule has 0 N–H and O–H groups in total. The molecule has 278 valence electrons. The van der Waals surface area contributed by atoms with Crippen LogP contribution in [0.5, 0.6) is 0 Å². The first kappa shape index (κ1) is 35.7. The lowest BCUT2D eigenvalue weighted by Crippen LogP contribution is -2.37. The van der Waals surface area contributed by atoms with E-state index in [1.54, 1.807) is 12.1 Å². The van der Waals surface area contributed by atoms with E-state index in [1.807, 2.05) is 18.2 Å². The van der Waals surface area contributed by atoms with Crippen LogP contribution in [0.3, 0.4) is 0 Å². The lowest BCUT2D eigenvalue weighted by molar-refractivity contribution is 0.555. The van der Waals surface area contributed by atoms with Crippen molar-refractivity contribution in [1.29, 1.82) is 0 Å². The molecule has 2 aromatic heterocycles. The Morgan fingerprint density at radius 2 is 1.51 bits per heavy atom. The van der Waals surface area contributed by atoms with E-state index < -0.39 is 0 Å². The van der Waals surface area contributed by atoms with Crippen molar-refractivity contribution in [3.63, 3.8) is 0 Å². The molecule has 57 heavy (non-hydrogen) atoms. The van der Waals surface area contributed by atoms with E-state index in [9.17, 15) is 4.39 Å². The number of hydrogen-bond acceptors (Lipinski definition) is 4. The van der Waals surface area contributed by atoms with Crippen LogP contribution >= 0.6 is 22.6 Å². The van der Waals surface area contributed by atoms with E-state index in [1.165, 1.54) is 42.7 Å². The van der Waals surface area contributed by atoms with Crippen LogP contribution in [0, 0.1) is 9.39 Å². The molecule has 1 aliphatic heterocycles. The second-order valence-electron chi connectivity index (χ2n) is 15.5. The minimum absolute atomic E-state index is 0.0159. The highest BCUT2D eigenvalue weighted by atomic mass is 127. The summed E-state index contributed by atoms with van der Waals surface area (Å²) in [5.74, 6) is 0.790. The standard InChI is InChI=1S/C51H40FIN4/c1-30-46-40-27-22-36(51-55-42(32-12-6-4-7-13-32)29-43(56-51)33-14-8-5-9-15-33)28-44(40)57(3)50(35-20-25-38(53)26-21-35)48(46)31(2)45-39-16-10-11-17-41(39)54-49(47(30)45)34-18-23-37(52)24-19-34/h4-14,16-30,33,46,50H,15H2,1-3H3. The van der Waals surface area contributed by atoms with Crippen molar-refractivity contribution in [1.82, 2.24) is 15.0 Å². The van der Waals surface area contributed by atoms with E-state index in [4.69, 9.17) is 15.0 Å². The van der Waals surface area contributed by atoms with Gasteiger partial charge < -0.3 is 4.90 Å². The smallest absolute Gasteiger partial charge is 0.160 e. The molecule has 3 aliphatic rings. The van der Waals surface area contributed by atoms with Crippen LogP contribution in [0.1, 0.15) is 72.0 Å². The number of allylic oxidation sites excluding steroid dienone is 5. The summed E-state index contributed by atoms with van der Waals surface area (Å²) in [6.45, 7) is 4.67. The average molecular weight is 855 g/mol. The average Bonchev–Trinajstić information content (AvgIpc) is 3.26. The summed E-state index contributed by atoms with van der Waals surface area (Å²) in [6.07, 6.45) is 9.59. The molecular formula is C51H40FIN4. The fourth-order valence-electron chi connectivity index (χ4n) is 9.52. The number of halogens is 2. The quantitative estimate of drug-likeness (QED) is 0.162. The Hall–Kier alpha value is -5.73. The monoisotopic (exact) mass is 854 g/mol. The summed E-state index contributed by atoms with van der Waals surface area (Å²) >= 11 is 2.40. The second kappa shape index (κ2) is 14.3. The Bertz CT molecular complexity index is 2790. The lowest BCUT2D eigenvalue weighted by Gasteiger charge is -2.48. The van der Waals surface area contributed by atoms with E-state index >= 15 is 0 Å². The second-order valence-corrected chi connectivity index (χ2v) is 16.7. The number of fused-ring (bicyclic) bond motifs is 6. The van der Waals surface area contributed by atoms with E-state index in [0.717, 1.165) is 56.9 Å². The van der Waals surface area contributed by atoms with Crippen LogP contribution < -0.4 is 4.90 Å². The Balaban J connectivity index is 1.20. The fraction of sp³-hybridized carbons (Fsp3) is 0.157. The molecule has 3 heterocycles. The van der Waals surface area contributed by atoms with Gasteiger partial charge in [0.1, 0.15) is 5.82 Å². The van der Waals surface area contributed by atoms with Crippen LogP contribution in [0.15, 0.2) is 157 Å². The van der Waals surface area contributed by atoms with Gasteiger partial charge in [0.15, 0.2) is 5.82 Å². The topological polar surface area (TPSA) is 41.9 Å². The van der Waals surface area contributed by atoms with Gasteiger partial charge >= 0.3 is 0 Å². The molecule has 0 radical (unpaired) electrons. The van der Waals surface area contributed by atoms with Crippen LogP contribution in [0.2, 0.25) is 0 Å². The van der Waals surface area contributed by atoms with Crippen molar-refractivity contribution in [2.75, 3.05) is 11.9 Å². The van der Waals surface area contributed by atoms with E-state index in [-0.39, 0.29) is 29.6 Å². The van der Waals surface area contributed by atoms with Crippen LogP contribution in [-0.2, 0) is 0 Å². The van der Waals surface area contributed by atoms with Crippen molar-refractivity contribution in [2.24, 2.45) is 0 Å². The zero-order chi connectivity index (χ0) is 38.8. The molecule has 0 saturated carbocycles. The minimum atomic E-state index is -0.252. The Labute approximate surface area is 346 Å². The van der Waals surface area contributed by atoms with Gasteiger partial charge in [-0.3, -0.25) is 0 Å². The number of benzene rings is 5. The van der Waals surface area contributed by atoms with Gasteiger partial charge in [-0.15, -0.1) is 0 Å². The summed E-state index contributed by atoms with van der Waals surface area (Å²) in [5.41, 5.74) is 15.6. The number of rotatable bonds is 5. The van der Waals surface area contributed by atoms with Crippen LogP contribution in [-0.4, -0.2) is 22.0 Å². The van der Waals surface area contributed by atoms with Gasteiger partial charge in [-0.2, -0.15) is 0 Å². The predicted molar refractivity (Wildman–Crippen MR) is 240 cm³/mol. The molecule has 0 saturated heterocycles. The van der Waals surface area contributed by atoms with Crippen molar-refractivity contribution < 1.29 is 4.39 Å². The predicted octanol–water partition coefficient (Wildman–Crippen LogP) is 13.2. The molecule has 0 fully saturated rings. The van der Waals surface area contributed by atoms with Crippen molar-refractivity contribution in [3.05, 3.63) is 195 Å². The van der Waals surface area contributed by atoms with Gasteiger partial charge in [-0.05, 0) is 130 Å². The fourth-order valence-corrected chi connectivity index (χ4v) is 9.88. The zero-order valence-corrected chi connectivity index (χ0v) is 34.2. The summed E-state index contributed by atoms with van der Waals surface area (Å²) in [7, 11) is 2.24. The van der Waals surface area contributed by atoms with Crippen molar-refractivity contribution >= 4 is 44.8 Å². The van der Waals surface area contributed by atoms with Gasteiger partial charge in [0.2, 0.25) is 0 Å². The molecule has 5 aromatic carbocycles. The number of hydrogen-bond donors (Lipinski definition) is 0. The van der Waals surface area contributed by atoms with Gasteiger partial charge in [0.25, 0.3) is 0 Å². The molecule has 7 aromatic rings. The maximum atomic E-state index is 14.3. The number of aromatic nitrogens is 3. The maximum Gasteiger partial charge on any atom is 0.160 e. The van der Waals surface area contributed by atoms with Crippen LogP contribution in [0.25, 0.3) is 50.4 Å². The first-order chi connectivity index (χ1) is 27.8. The first-order valence-electron chi connectivity index (χ1n) is 19.6. The summed E-state index contributed by atoms with van der Waals surface area (Å²) in [6, 6.07) is 43.7. The molecule has 4 nitrogen and oxygen atoms in total. The molecular weight excluding hydrogens is 814 g/mol. The van der Waals surface area contributed by atoms with Gasteiger partial charge in [0.05, 0.1) is 28.6 Å². The third-order valence-electron chi connectivity index (χ3n) is 12.2. The molecule has 4 unspecified atom stereocenters. The van der Waals surface area contributed by atoms with E-state index in [2.05, 4.69) is 170 Å². The molecule has 4 atom stereocenters. The SMILES string of the molecule is CC1=C2C(c3ccc(-c4nc(-c5ccccc5)cc(C5C=CC=CC5)n4)cc3N(C)C2c2ccc(I)cc2)C(C)c2c(-c3ccc(F)cc3)nc3ccccc3c21. The third-order valence-corrected chi connectivity index (χ3v) is 12.9. The summed E-state index contributed by atoms with van der Waals surface area (Å²) in [4.78, 5) is 18.3. The molecule has 0 amide bonds. The van der Waals surface area contributed by atoms with Gasteiger partial charge in [-0.1, -0.05) is 104 Å². The minimum Gasteiger partial charge on any atom is -0.363 e. The highest BCUT2D eigenvalue weighted by molar-refractivity contribution is 14.1. The number of likely N-dealkylation sites (N-methyl/N-ethyl adjacent to an activating group) is 1. The highest BCUT2D eigenvalue weighted by Gasteiger charge is 2.45. The molecule has 6 heteroatoms. The summed E-state index contributed by atoms with van der Waals surface area (Å²) in [5, 5.41) is 1.15. The summed E-state index contributed by atoms with van der Waals surface area (Å²) < 4.78 is 15.5. The molecule has 2 aliphatic carbocycles. The van der Waals surface area contributed by atoms with E-state index in [0.29, 0.717) is 0 Å². The number of para-hydroxylation sites is 1. The Morgan fingerprint density at radius 3 is 2.28 bits per heavy atom. The number of pyridine rings is 1. The van der Waals surface area contributed by atoms with Crippen molar-refractivity contribution in [2.45, 2.75) is 44.1 Å². The van der Waals surface area contributed by atoms with Gasteiger partial charge in [0, 0.05) is 50.2 Å².